The SMILES string of the molecule is FC(F)c1c(Cl)cc(Br)nc1CBr. The van der Waals surface area contributed by atoms with Crippen molar-refractivity contribution in [3.8, 4) is 0 Å². The van der Waals surface area contributed by atoms with Crippen molar-refractivity contribution in [3.05, 3.63) is 26.9 Å². The van der Waals surface area contributed by atoms with Gasteiger partial charge in [-0.2, -0.15) is 0 Å². The number of hydrogen-bond acceptors (Lipinski definition) is 1. The third-order valence-electron chi connectivity index (χ3n) is 1.40. The first kappa shape index (κ1) is 11.3. The molecule has 0 fully saturated rings. The fourth-order valence-electron chi connectivity index (χ4n) is 0.874. The normalized spacial score (nSPS) is 10.9. The average molecular weight is 335 g/mol. The molecule has 0 atom stereocenters. The van der Waals surface area contributed by atoms with Crippen LogP contribution in [0.1, 0.15) is 17.7 Å². The van der Waals surface area contributed by atoms with E-state index >= 15 is 0 Å². The minimum Gasteiger partial charge on any atom is -0.244 e. The zero-order valence-electron chi connectivity index (χ0n) is 6.20. The first-order valence-electron chi connectivity index (χ1n) is 3.25. The second-order valence-corrected chi connectivity index (χ2v) is 4.00. The Morgan fingerprint density at radius 2 is 2.15 bits per heavy atom. The van der Waals surface area contributed by atoms with Crippen molar-refractivity contribution >= 4 is 43.5 Å². The van der Waals surface area contributed by atoms with Crippen molar-refractivity contribution in [3.63, 3.8) is 0 Å². The molecule has 1 rings (SSSR count). The molecular weight excluding hydrogens is 331 g/mol. The Hall–Kier alpha value is 0.260. The summed E-state index contributed by atoms with van der Waals surface area (Å²) in [5.74, 6) is 0. The number of halogens is 5. The van der Waals surface area contributed by atoms with Crippen LogP contribution >= 0.6 is 43.5 Å². The highest BCUT2D eigenvalue weighted by atomic mass is 79.9. The van der Waals surface area contributed by atoms with Gasteiger partial charge in [0.05, 0.1) is 16.3 Å². The second kappa shape index (κ2) is 4.66. The Bertz CT molecular complexity index is 320. The van der Waals surface area contributed by atoms with Gasteiger partial charge >= 0.3 is 0 Å². The molecule has 0 aliphatic heterocycles. The molecule has 13 heavy (non-hydrogen) atoms. The lowest BCUT2D eigenvalue weighted by Gasteiger charge is -2.07. The predicted octanol–water partition coefficient (Wildman–Crippen LogP) is 4.33. The lowest BCUT2D eigenvalue weighted by Crippen LogP contribution is -1.97. The first-order valence-corrected chi connectivity index (χ1v) is 5.54. The fraction of sp³-hybridized carbons (Fsp3) is 0.286. The third-order valence-corrected chi connectivity index (χ3v) is 2.65. The van der Waals surface area contributed by atoms with Crippen molar-refractivity contribution in [2.24, 2.45) is 0 Å². The molecule has 1 aromatic heterocycles. The van der Waals surface area contributed by atoms with Gasteiger partial charge < -0.3 is 0 Å². The standard InChI is InChI=1S/C7H4Br2ClF2N/c8-2-4-6(7(11)12)3(10)1-5(9)13-4/h1,7H,2H2. The molecule has 0 unspecified atom stereocenters. The summed E-state index contributed by atoms with van der Waals surface area (Å²) in [7, 11) is 0. The van der Waals surface area contributed by atoms with Crippen LogP contribution in [0.4, 0.5) is 8.78 Å². The quantitative estimate of drug-likeness (QED) is 0.579. The number of aromatic nitrogens is 1. The number of hydrogen-bond donors (Lipinski definition) is 0. The lowest BCUT2D eigenvalue weighted by atomic mass is 10.2. The van der Waals surface area contributed by atoms with Gasteiger partial charge in [0, 0.05) is 5.33 Å². The third kappa shape index (κ3) is 2.60. The van der Waals surface area contributed by atoms with Gasteiger partial charge in [0.25, 0.3) is 6.43 Å². The Morgan fingerprint density at radius 1 is 1.54 bits per heavy atom. The Morgan fingerprint density at radius 3 is 2.62 bits per heavy atom. The Labute approximate surface area is 95.8 Å². The zero-order valence-corrected chi connectivity index (χ0v) is 10.1. The topological polar surface area (TPSA) is 12.9 Å². The number of alkyl halides is 3. The van der Waals surface area contributed by atoms with E-state index < -0.39 is 6.43 Å². The minimum atomic E-state index is -2.60. The van der Waals surface area contributed by atoms with E-state index in [1.54, 1.807) is 0 Å². The summed E-state index contributed by atoms with van der Waals surface area (Å²) in [6, 6.07) is 1.36. The van der Waals surface area contributed by atoms with Crippen LogP contribution in [0.25, 0.3) is 0 Å². The predicted molar refractivity (Wildman–Crippen MR) is 54.5 cm³/mol. The van der Waals surface area contributed by atoms with E-state index in [1.807, 2.05) is 0 Å². The van der Waals surface area contributed by atoms with Crippen molar-refractivity contribution in [2.45, 2.75) is 11.8 Å². The molecule has 1 heterocycles. The summed E-state index contributed by atoms with van der Waals surface area (Å²) in [4.78, 5) is 3.88. The molecule has 0 aromatic carbocycles. The van der Waals surface area contributed by atoms with E-state index in [0.29, 0.717) is 4.60 Å². The number of pyridine rings is 1. The van der Waals surface area contributed by atoms with Crippen LogP contribution in [-0.4, -0.2) is 4.98 Å². The molecule has 1 aromatic rings. The van der Waals surface area contributed by atoms with Crippen LogP contribution in [-0.2, 0) is 5.33 Å². The molecule has 0 saturated carbocycles. The van der Waals surface area contributed by atoms with Crippen LogP contribution < -0.4 is 0 Å². The number of rotatable bonds is 2. The maximum absolute atomic E-state index is 12.4. The molecular formula is C7H4Br2ClF2N. The largest absolute Gasteiger partial charge is 0.267 e. The molecule has 0 saturated heterocycles. The smallest absolute Gasteiger partial charge is 0.244 e. The van der Waals surface area contributed by atoms with E-state index in [4.69, 9.17) is 11.6 Å². The van der Waals surface area contributed by atoms with Crippen molar-refractivity contribution in [1.82, 2.24) is 4.98 Å². The van der Waals surface area contributed by atoms with Gasteiger partial charge in [-0.3, -0.25) is 0 Å². The Balaban J connectivity index is 3.30. The fourth-order valence-corrected chi connectivity index (χ4v) is 2.17. The molecule has 72 valence electrons. The van der Waals surface area contributed by atoms with Gasteiger partial charge in [0.2, 0.25) is 0 Å². The van der Waals surface area contributed by atoms with Gasteiger partial charge in [0.15, 0.2) is 0 Å². The lowest BCUT2D eigenvalue weighted by molar-refractivity contribution is 0.150. The summed E-state index contributed by atoms with van der Waals surface area (Å²) < 4.78 is 25.3. The van der Waals surface area contributed by atoms with Crippen LogP contribution in [0.5, 0.6) is 0 Å². The summed E-state index contributed by atoms with van der Waals surface area (Å²) in [5, 5.41) is 0.289. The van der Waals surface area contributed by atoms with Gasteiger partial charge in [-0.1, -0.05) is 27.5 Å². The highest BCUT2D eigenvalue weighted by molar-refractivity contribution is 9.10. The van der Waals surface area contributed by atoms with Crippen molar-refractivity contribution < 1.29 is 8.78 Å². The van der Waals surface area contributed by atoms with Gasteiger partial charge in [0.1, 0.15) is 4.60 Å². The molecule has 0 N–H and O–H groups in total. The highest BCUT2D eigenvalue weighted by Crippen LogP contribution is 2.32. The van der Waals surface area contributed by atoms with E-state index in [0.717, 1.165) is 0 Å². The monoisotopic (exact) mass is 333 g/mol. The minimum absolute atomic E-state index is 0.0336. The molecule has 0 aliphatic carbocycles. The summed E-state index contributed by atoms with van der Waals surface area (Å²) in [5.41, 5.74) is 0.0520. The van der Waals surface area contributed by atoms with E-state index in [-0.39, 0.29) is 21.6 Å². The van der Waals surface area contributed by atoms with Crippen LogP contribution in [0.2, 0.25) is 5.02 Å². The first-order chi connectivity index (χ1) is 6.06. The van der Waals surface area contributed by atoms with Gasteiger partial charge in [-0.25, -0.2) is 13.8 Å². The van der Waals surface area contributed by atoms with E-state index in [2.05, 4.69) is 36.8 Å². The van der Waals surface area contributed by atoms with Gasteiger partial charge in [-0.05, 0) is 22.0 Å². The number of nitrogens with zero attached hydrogens (tertiary/aromatic N) is 1. The van der Waals surface area contributed by atoms with Crippen molar-refractivity contribution in [2.75, 3.05) is 0 Å². The molecule has 0 spiro atoms. The molecule has 1 nitrogen and oxygen atoms in total. The van der Waals surface area contributed by atoms with E-state index in [1.165, 1.54) is 6.07 Å². The zero-order chi connectivity index (χ0) is 10.0. The highest BCUT2D eigenvalue weighted by Gasteiger charge is 2.18. The van der Waals surface area contributed by atoms with Gasteiger partial charge in [-0.15, -0.1) is 0 Å². The maximum atomic E-state index is 12.4. The van der Waals surface area contributed by atoms with E-state index in [9.17, 15) is 8.78 Å². The van der Waals surface area contributed by atoms with Crippen LogP contribution in [0.15, 0.2) is 10.7 Å². The molecule has 6 heteroatoms. The Kier molecular flexibility index (Phi) is 4.06. The van der Waals surface area contributed by atoms with Crippen LogP contribution in [0, 0.1) is 0 Å². The summed E-state index contributed by atoms with van der Waals surface area (Å²) in [6.45, 7) is 0. The van der Waals surface area contributed by atoms with Crippen molar-refractivity contribution in [1.29, 1.82) is 0 Å². The average Bonchev–Trinajstić information content (AvgIpc) is 2.01. The maximum Gasteiger partial charge on any atom is 0.267 e. The summed E-state index contributed by atoms with van der Waals surface area (Å²) >= 11 is 11.8. The molecule has 0 bridgehead atoms. The van der Waals surface area contributed by atoms with Crippen LogP contribution in [0.3, 0.4) is 0 Å². The molecule has 0 amide bonds. The molecule has 0 aliphatic rings. The molecule has 0 radical (unpaired) electrons. The summed E-state index contributed by atoms with van der Waals surface area (Å²) in [6.07, 6.45) is -2.60. The second-order valence-electron chi connectivity index (χ2n) is 2.22.